The quantitative estimate of drug-likeness (QED) is 0.850. The third-order valence-corrected chi connectivity index (χ3v) is 3.85. The first-order chi connectivity index (χ1) is 9.28. The van der Waals surface area contributed by atoms with Crippen molar-refractivity contribution in [1.82, 2.24) is 4.90 Å². The van der Waals surface area contributed by atoms with Gasteiger partial charge in [-0.2, -0.15) is 0 Å². The van der Waals surface area contributed by atoms with Crippen molar-refractivity contribution in [2.45, 2.75) is 25.3 Å². The van der Waals surface area contributed by atoms with Crippen LogP contribution in [0.15, 0.2) is 18.2 Å². The van der Waals surface area contributed by atoms with Crippen LogP contribution in [0.2, 0.25) is 0 Å². The summed E-state index contributed by atoms with van der Waals surface area (Å²) >= 11 is 0. The van der Waals surface area contributed by atoms with Crippen molar-refractivity contribution in [3.63, 3.8) is 0 Å². The second-order valence-corrected chi connectivity index (χ2v) is 4.95. The van der Waals surface area contributed by atoms with Crippen molar-refractivity contribution in [3.05, 3.63) is 23.8 Å². The van der Waals surface area contributed by atoms with E-state index in [-0.39, 0.29) is 6.61 Å². The highest BCUT2D eigenvalue weighted by molar-refractivity contribution is 5.42. The van der Waals surface area contributed by atoms with Crippen LogP contribution in [0.25, 0.3) is 0 Å². The molecule has 4 nitrogen and oxygen atoms in total. The van der Waals surface area contributed by atoms with Gasteiger partial charge >= 0.3 is 0 Å². The van der Waals surface area contributed by atoms with E-state index in [0.717, 1.165) is 37.4 Å². The van der Waals surface area contributed by atoms with E-state index in [1.54, 1.807) is 14.2 Å². The number of likely N-dealkylation sites (tertiary alicyclic amines) is 1. The fourth-order valence-electron chi connectivity index (χ4n) is 2.71. The molecule has 1 saturated heterocycles. The van der Waals surface area contributed by atoms with Crippen LogP contribution in [-0.4, -0.2) is 50.0 Å². The van der Waals surface area contributed by atoms with Gasteiger partial charge < -0.3 is 14.6 Å². The van der Waals surface area contributed by atoms with Gasteiger partial charge in [0.15, 0.2) is 11.5 Å². The molecule has 1 aliphatic rings. The zero-order valence-corrected chi connectivity index (χ0v) is 11.8. The number of benzene rings is 1. The minimum absolute atomic E-state index is 0.270. The molecule has 0 saturated carbocycles. The molecule has 0 spiro atoms. The molecule has 2 rings (SSSR count). The lowest BCUT2D eigenvalue weighted by atomic mass is 10.1. The molecule has 1 heterocycles. The maximum absolute atomic E-state index is 9.31. The van der Waals surface area contributed by atoms with Crippen LogP contribution >= 0.6 is 0 Å². The van der Waals surface area contributed by atoms with Gasteiger partial charge in [0, 0.05) is 12.6 Å². The van der Waals surface area contributed by atoms with E-state index in [4.69, 9.17) is 9.47 Å². The van der Waals surface area contributed by atoms with E-state index in [0.29, 0.717) is 6.04 Å². The lowest BCUT2D eigenvalue weighted by molar-refractivity contribution is 0.160. The maximum atomic E-state index is 9.31. The van der Waals surface area contributed by atoms with Crippen molar-refractivity contribution in [1.29, 1.82) is 0 Å². The molecule has 0 amide bonds. The Morgan fingerprint density at radius 1 is 1.26 bits per heavy atom. The molecule has 19 heavy (non-hydrogen) atoms. The number of hydrogen-bond acceptors (Lipinski definition) is 4. The molecule has 1 fully saturated rings. The van der Waals surface area contributed by atoms with E-state index in [1.165, 1.54) is 12.0 Å². The monoisotopic (exact) mass is 265 g/mol. The predicted octanol–water partition coefficient (Wildman–Crippen LogP) is 1.70. The Bertz CT molecular complexity index is 408. The largest absolute Gasteiger partial charge is 0.493 e. The highest BCUT2D eigenvalue weighted by Gasteiger charge is 2.22. The molecule has 1 aliphatic heterocycles. The Kier molecular flexibility index (Phi) is 5.05. The van der Waals surface area contributed by atoms with E-state index in [2.05, 4.69) is 11.0 Å². The number of methoxy groups -OCH3 is 2. The fourth-order valence-corrected chi connectivity index (χ4v) is 2.71. The Hall–Kier alpha value is -1.26. The first-order valence-electron chi connectivity index (χ1n) is 6.84. The first-order valence-corrected chi connectivity index (χ1v) is 6.84. The van der Waals surface area contributed by atoms with Crippen molar-refractivity contribution in [2.75, 3.05) is 33.9 Å². The number of nitrogens with zero attached hydrogens (tertiary/aromatic N) is 1. The number of ether oxygens (including phenoxy) is 2. The normalized spacial score (nSPS) is 19.6. The molecule has 0 bridgehead atoms. The van der Waals surface area contributed by atoms with Crippen molar-refractivity contribution >= 4 is 0 Å². The average molecular weight is 265 g/mol. The van der Waals surface area contributed by atoms with Crippen molar-refractivity contribution in [3.8, 4) is 11.5 Å². The molecule has 0 unspecified atom stereocenters. The summed E-state index contributed by atoms with van der Waals surface area (Å²) in [6, 6.07) is 6.40. The van der Waals surface area contributed by atoms with Gasteiger partial charge in [0.2, 0.25) is 0 Å². The summed E-state index contributed by atoms with van der Waals surface area (Å²) in [6.45, 7) is 2.35. The molecule has 1 atom stereocenters. The van der Waals surface area contributed by atoms with Crippen molar-refractivity contribution < 1.29 is 14.6 Å². The molecule has 1 N–H and O–H groups in total. The van der Waals surface area contributed by atoms with E-state index in [1.807, 2.05) is 12.1 Å². The lowest BCUT2D eigenvalue weighted by Gasteiger charge is -2.22. The van der Waals surface area contributed by atoms with Gasteiger partial charge in [-0.1, -0.05) is 6.07 Å². The summed E-state index contributed by atoms with van der Waals surface area (Å²) in [5, 5.41) is 9.31. The highest BCUT2D eigenvalue weighted by Crippen LogP contribution is 2.28. The minimum atomic E-state index is 0.270. The van der Waals surface area contributed by atoms with Gasteiger partial charge in [0.1, 0.15) is 0 Å². The molecule has 106 valence electrons. The average Bonchev–Trinajstić information content (AvgIpc) is 2.92. The number of rotatable bonds is 6. The van der Waals surface area contributed by atoms with E-state index in [9.17, 15) is 5.11 Å². The highest BCUT2D eigenvalue weighted by atomic mass is 16.5. The van der Waals surface area contributed by atoms with Gasteiger partial charge in [0.25, 0.3) is 0 Å². The Balaban J connectivity index is 1.96. The van der Waals surface area contributed by atoms with Crippen LogP contribution < -0.4 is 9.47 Å². The van der Waals surface area contributed by atoms with E-state index >= 15 is 0 Å². The number of aliphatic hydroxyl groups is 1. The SMILES string of the molecule is COc1ccc(CCN2CCC[C@H]2CO)cc1OC. The van der Waals surface area contributed by atoms with Gasteiger partial charge in [-0.05, 0) is 43.5 Å². The standard InChI is InChI=1S/C15H23NO3/c1-18-14-6-5-12(10-15(14)19-2)7-9-16-8-3-4-13(16)11-17/h5-6,10,13,17H,3-4,7-9,11H2,1-2H3/t13-/m0/s1. The second-order valence-electron chi connectivity index (χ2n) is 4.95. The zero-order chi connectivity index (χ0) is 13.7. The third-order valence-electron chi connectivity index (χ3n) is 3.85. The summed E-state index contributed by atoms with van der Waals surface area (Å²) in [6.07, 6.45) is 3.27. The van der Waals surface area contributed by atoms with Gasteiger partial charge in [-0.3, -0.25) is 4.90 Å². The van der Waals surface area contributed by atoms with E-state index < -0.39 is 0 Å². The molecular weight excluding hydrogens is 242 g/mol. The summed E-state index contributed by atoms with van der Waals surface area (Å²) in [4.78, 5) is 2.37. The predicted molar refractivity (Wildman–Crippen MR) is 74.9 cm³/mol. The van der Waals surface area contributed by atoms with Gasteiger partial charge in [-0.15, -0.1) is 0 Å². The maximum Gasteiger partial charge on any atom is 0.160 e. The second kappa shape index (κ2) is 6.78. The van der Waals surface area contributed by atoms with Crippen LogP contribution in [0.1, 0.15) is 18.4 Å². The summed E-state index contributed by atoms with van der Waals surface area (Å²) < 4.78 is 10.5. The van der Waals surface area contributed by atoms with Crippen LogP contribution in [0, 0.1) is 0 Å². The van der Waals surface area contributed by atoms with Crippen LogP contribution in [0.5, 0.6) is 11.5 Å². The van der Waals surface area contributed by atoms with Gasteiger partial charge in [0.05, 0.1) is 20.8 Å². The molecule has 0 radical (unpaired) electrons. The Morgan fingerprint density at radius 2 is 2.05 bits per heavy atom. The van der Waals surface area contributed by atoms with Crippen LogP contribution in [0.3, 0.4) is 0 Å². The summed E-state index contributed by atoms with van der Waals surface area (Å²) in [7, 11) is 3.30. The molecule has 0 aromatic heterocycles. The Morgan fingerprint density at radius 3 is 2.74 bits per heavy atom. The zero-order valence-electron chi connectivity index (χ0n) is 11.8. The van der Waals surface area contributed by atoms with Crippen LogP contribution in [0.4, 0.5) is 0 Å². The number of aliphatic hydroxyl groups excluding tert-OH is 1. The molecule has 1 aromatic carbocycles. The molecule has 0 aliphatic carbocycles. The molecule has 1 aromatic rings. The molecular formula is C15H23NO3. The smallest absolute Gasteiger partial charge is 0.160 e. The first kappa shape index (κ1) is 14.2. The van der Waals surface area contributed by atoms with Gasteiger partial charge in [-0.25, -0.2) is 0 Å². The topological polar surface area (TPSA) is 41.9 Å². The lowest BCUT2D eigenvalue weighted by Crippen LogP contribution is -2.33. The number of hydrogen-bond donors (Lipinski definition) is 1. The van der Waals surface area contributed by atoms with Crippen molar-refractivity contribution in [2.24, 2.45) is 0 Å². The molecule has 4 heteroatoms. The summed E-state index contributed by atoms with van der Waals surface area (Å²) in [5.74, 6) is 1.54. The summed E-state index contributed by atoms with van der Waals surface area (Å²) in [5.41, 5.74) is 1.24. The van der Waals surface area contributed by atoms with Crippen LogP contribution in [-0.2, 0) is 6.42 Å². The Labute approximate surface area is 114 Å². The minimum Gasteiger partial charge on any atom is -0.493 e. The fraction of sp³-hybridized carbons (Fsp3) is 0.600. The third kappa shape index (κ3) is 3.39.